The normalized spacial score (nSPS) is 21.9. The van der Waals surface area contributed by atoms with E-state index >= 15 is 0 Å². The summed E-state index contributed by atoms with van der Waals surface area (Å²) >= 11 is 1.94. The molecule has 0 radical (unpaired) electrons. The monoisotopic (exact) mass is 391 g/mol. The van der Waals surface area contributed by atoms with Gasteiger partial charge in [0, 0.05) is 16.7 Å². The molecular weight excluding hydrogens is 376 g/mol. The molecule has 0 aromatic heterocycles. The largest absolute Gasteiger partial charge is 0.469 e. The molecule has 2 rings (SSSR count). The first-order chi connectivity index (χ1) is 9.43. The molecule has 0 saturated carbocycles. The Labute approximate surface area is 130 Å². The lowest BCUT2D eigenvalue weighted by Crippen LogP contribution is -2.30. The van der Waals surface area contributed by atoms with Gasteiger partial charge in [0.05, 0.1) is 18.6 Å². The van der Waals surface area contributed by atoms with Crippen LogP contribution in [-0.2, 0) is 9.53 Å². The quantitative estimate of drug-likeness (QED) is 0.575. The summed E-state index contributed by atoms with van der Waals surface area (Å²) in [6.45, 7) is 2.77. The van der Waals surface area contributed by atoms with Gasteiger partial charge < -0.3 is 9.64 Å². The number of methoxy groups -OCH3 is 1. The van der Waals surface area contributed by atoms with Gasteiger partial charge in [-0.25, -0.2) is 4.39 Å². The summed E-state index contributed by atoms with van der Waals surface area (Å²) in [5.74, 6) is -1.06. The number of carbonyl (C=O) groups excluding carboxylic acids is 2. The van der Waals surface area contributed by atoms with Gasteiger partial charge in [-0.15, -0.1) is 0 Å². The van der Waals surface area contributed by atoms with E-state index in [1.807, 2.05) is 29.5 Å². The van der Waals surface area contributed by atoms with Crippen LogP contribution in [0.2, 0.25) is 0 Å². The minimum atomic E-state index is -0.367. The van der Waals surface area contributed by atoms with E-state index in [4.69, 9.17) is 4.74 Å². The Bertz CT molecular complexity index is 549. The van der Waals surface area contributed by atoms with Crippen LogP contribution in [0, 0.1) is 21.2 Å². The molecule has 1 saturated heterocycles. The summed E-state index contributed by atoms with van der Waals surface area (Å²) < 4.78 is 18.4. The van der Waals surface area contributed by atoms with E-state index in [-0.39, 0.29) is 29.5 Å². The average molecular weight is 391 g/mol. The lowest BCUT2D eigenvalue weighted by Gasteiger charge is -2.17. The Balaban J connectivity index is 2.17. The molecule has 1 fully saturated rings. The molecule has 1 aliphatic heterocycles. The number of likely N-dealkylation sites (tertiary alicyclic amines) is 1. The number of nitrogens with zero attached hydrogens (tertiary/aromatic N) is 1. The van der Waals surface area contributed by atoms with Crippen molar-refractivity contribution in [3.63, 3.8) is 0 Å². The number of halogens is 2. The van der Waals surface area contributed by atoms with Crippen LogP contribution in [0.25, 0.3) is 0 Å². The zero-order valence-corrected chi connectivity index (χ0v) is 13.4. The smallest absolute Gasteiger partial charge is 0.310 e. The number of esters is 1. The van der Waals surface area contributed by atoms with E-state index < -0.39 is 0 Å². The van der Waals surface area contributed by atoms with Crippen LogP contribution in [0.1, 0.15) is 17.3 Å². The van der Waals surface area contributed by atoms with Crippen molar-refractivity contribution < 1.29 is 18.7 Å². The maximum absolute atomic E-state index is 13.1. The van der Waals surface area contributed by atoms with Gasteiger partial charge in [0.1, 0.15) is 5.82 Å². The molecule has 1 heterocycles. The van der Waals surface area contributed by atoms with E-state index in [1.165, 1.54) is 25.3 Å². The van der Waals surface area contributed by atoms with E-state index in [0.29, 0.717) is 22.2 Å². The van der Waals surface area contributed by atoms with Gasteiger partial charge in [-0.2, -0.15) is 0 Å². The van der Waals surface area contributed by atoms with Crippen molar-refractivity contribution >= 4 is 34.5 Å². The van der Waals surface area contributed by atoms with E-state index in [1.54, 1.807) is 4.90 Å². The molecule has 0 spiro atoms. The van der Waals surface area contributed by atoms with Crippen molar-refractivity contribution in [3.05, 3.63) is 33.1 Å². The number of benzene rings is 1. The summed E-state index contributed by atoms with van der Waals surface area (Å²) in [4.78, 5) is 25.7. The Hall–Kier alpha value is -1.18. The second kappa shape index (κ2) is 6.07. The fourth-order valence-electron chi connectivity index (χ4n) is 2.42. The lowest BCUT2D eigenvalue weighted by atomic mass is 9.99. The highest BCUT2D eigenvalue weighted by Crippen LogP contribution is 2.26. The topological polar surface area (TPSA) is 46.6 Å². The molecule has 1 aromatic rings. The van der Waals surface area contributed by atoms with Crippen molar-refractivity contribution in [2.45, 2.75) is 6.92 Å². The molecule has 108 valence electrons. The fourth-order valence-corrected chi connectivity index (χ4v) is 3.13. The molecule has 4 nitrogen and oxygen atoms in total. The Morgan fingerprint density at radius 1 is 1.40 bits per heavy atom. The van der Waals surface area contributed by atoms with Gasteiger partial charge in [0.2, 0.25) is 0 Å². The van der Waals surface area contributed by atoms with Gasteiger partial charge in [0.15, 0.2) is 0 Å². The molecule has 0 aliphatic carbocycles. The zero-order chi connectivity index (χ0) is 14.9. The molecule has 6 heteroatoms. The van der Waals surface area contributed by atoms with Crippen molar-refractivity contribution in [3.8, 4) is 0 Å². The van der Waals surface area contributed by atoms with Crippen LogP contribution in [0.4, 0.5) is 4.39 Å². The van der Waals surface area contributed by atoms with E-state index in [9.17, 15) is 14.0 Å². The van der Waals surface area contributed by atoms with Crippen LogP contribution in [0.15, 0.2) is 18.2 Å². The molecule has 0 bridgehead atoms. The van der Waals surface area contributed by atoms with Crippen molar-refractivity contribution in [1.29, 1.82) is 0 Å². The van der Waals surface area contributed by atoms with Gasteiger partial charge in [0.25, 0.3) is 5.91 Å². The van der Waals surface area contributed by atoms with Crippen LogP contribution in [-0.4, -0.2) is 37.0 Å². The van der Waals surface area contributed by atoms with Crippen molar-refractivity contribution in [2.75, 3.05) is 20.2 Å². The lowest BCUT2D eigenvalue weighted by molar-refractivity contribution is -0.146. The summed E-state index contributed by atoms with van der Waals surface area (Å²) in [5.41, 5.74) is 0.463. The first kappa shape index (κ1) is 15.2. The number of hydrogen-bond donors (Lipinski definition) is 0. The standard InChI is InChI=1S/C14H15FINO3/c1-8-6-17(7-11(8)14(19)20-2)13(18)10-4-3-9(15)5-12(10)16/h3-5,8,11H,6-7H2,1-2H3. The number of rotatable bonds is 2. The molecular formula is C14H15FINO3. The molecule has 2 unspecified atom stereocenters. The van der Waals surface area contributed by atoms with Crippen LogP contribution >= 0.6 is 22.6 Å². The second-order valence-electron chi connectivity index (χ2n) is 4.94. The molecule has 20 heavy (non-hydrogen) atoms. The zero-order valence-electron chi connectivity index (χ0n) is 11.2. The maximum atomic E-state index is 13.1. The van der Waals surface area contributed by atoms with Gasteiger partial charge >= 0.3 is 5.97 Å². The van der Waals surface area contributed by atoms with Crippen molar-refractivity contribution in [2.24, 2.45) is 11.8 Å². The minimum Gasteiger partial charge on any atom is -0.469 e. The molecule has 0 N–H and O–H groups in total. The SMILES string of the molecule is COC(=O)C1CN(C(=O)c2ccc(F)cc2I)CC1C. The summed E-state index contributed by atoms with van der Waals surface area (Å²) in [6.07, 6.45) is 0. The van der Waals surface area contributed by atoms with E-state index in [2.05, 4.69) is 0 Å². The summed E-state index contributed by atoms with van der Waals surface area (Å²) in [7, 11) is 1.35. The Morgan fingerprint density at radius 3 is 2.70 bits per heavy atom. The summed E-state index contributed by atoms with van der Waals surface area (Å²) in [5, 5.41) is 0. The first-order valence-electron chi connectivity index (χ1n) is 6.26. The highest BCUT2D eigenvalue weighted by molar-refractivity contribution is 14.1. The molecule has 1 aromatic carbocycles. The predicted octanol–water partition coefficient (Wildman–Crippen LogP) is 2.31. The van der Waals surface area contributed by atoms with Crippen LogP contribution < -0.4 is 0 Å². The third-order valence-electron chi connectivity index (χ3n) is 3.57. The highest BCUT2D eigenvalue weighted by Gasteiger charge is 2.38. The Morgan fingerprint density at radius 2 is 2.10 bits per heavy atom. The third kappa shape index (κ3) is 2.94. The molecule has 1 aliphatic rings. The van der Waals surface area contributed by atoms with Gasteiger partial charge in [-0.1, -0.05) is 6.92 Å². The third-order valence-corrected chi connectivity index (χ3v) is 4.46. The van der Waals surface area contributed by atoms with Crippen LogP contribution in [0.5, 0.6) is 0 Å². The average Bonchev–Trinajstić information content (AvgIpc) is 2.79. The van der Waals surface area contributed by atoms with Crippen LogP contribution in [0.3, 0.4) is 0 Å². The second-order valence-corrected chi connectivity index (χ2v) is 6.10. The predicted molar refractivity (Wildman–Crippen MR) is 79.7 cm³/mol. The minimum absolute atomic E-state index is 0.0597. The van der Waals surface area contributed by atoms with Gasteiger partial charge in [-0.05, 0) is 46.7 Å². The molecule has 2 atom stereocenters. The highest BCUT2D eigenvalue weighted by atomic mass is 127. The first-order valence-corrected chi connectivity index (χ1v) is 7.34. The fraction of sp³-hybridized carbons (Fsp3) is 0.429. The summed E-state index contributed by atoms with van der Waals surface area (Å²) in [6, 6.07) is 4.08. The van der Waals surface area contributed by atoms with Crippen molar-refractivity contribution in [1.82, 2.24) is 4.90 Å². The number of ether oxygens (including phenoxy) is 1. The molecule has 1 amide bonds. The Kier molecular flexibility index (Phi) is 4.62. The number of hydrogen-bond acceptors (Lipinski definition) is 3. The maximum Gasteiger partial charge on any atom is 0.310 e. The number of carbonyl (C=O) groups is 2. The van der Waals surface area contributed by atoms with Gasteiger partial charge in [-0.3, -0.25) is 9.59 Å². The number of amides is 1. The van der Waals surface area contributed by atoms with E-state index in [0.717, 1.165) is 0 Å².